The number of hydrogen-bond donors (Lipinski definition) is 1. The van der Waals surface area contributed by atoms with E-state index in [1.807, 2.05) is 12.1 Å². The van der Waals surface area contributed by atoms with Gasteiger partial charge in [0.2, 0.25) is 0 Å². The van der Waals surface area contributed by atoms with Crippen molar-refractivity contribution in [2.24, 2.45) is 0 Å². The van der Waals surface area contributed by atoms with E-state index in [1.165, 1.54) is 5.56 Å². The van der Waals surface area contributed by atoms with Gasteiger partial charge < -0.3 is 14.8 Å². The lowest BCUT2D eigenvalue weighted by Gasteiger charge is -2.12. The Morgan fingerprint density at radius 1 is 1.28 bits per heavy atom. The zero-order chi connectivity index (χ0) is 13.2. The van der Waals surface area contributed by atoms with Crippen LogP contribution in [0.4, 0.5) is 0 Å². The van der Waals surface area contributed by atoms with E-state index in [0.717, 1.165) is 36.8 Å². The third kappa shape index (κ3) is 5.19. The number of hydrogen-bond acceptors (Lipinski definition) is 4. The van der Waals surface area contributed by atoms with E-state index in [-0.39, 0.29) is 0 Å². The minimum Gasteiger partial charge on any atom is -0.493 e. The van der Waals surface area contributed by atoms with Crippen LogP contribution < -0.4 is 14.8 Å². The zero-order valence-corrected chi connectivity index (χ0v) is 12.3. The summed E-state index contributed by atoms with van der Waals surface area (Å²) in [4.78, 5) is 0. The van der Waals surface area contributed by atoms with Crippen molar-refractivity contribution in [2.75, 3.05) is 32.3 Å². The SMILES string of the molecule is CCCNCc1ccc(OCCSC)c(OC)c1. The van der Waals surface area contributed by atoms with E-state index in [9.17, 15) is 0 Å². The van der Waals surface area contributed by atoms with Crippen LogP contribution in [0.2, 0.25) is 0 Å². The lowest BCUT2D eigenvalue weighted by Crippen LogP contribution is -2.13. The fraction of sp³-hybridized carbons (Fsp3) is 0.571. The molecular weight excluding hydrogens is 246 g/mol. The number of thioether (sulfide) groups is 1. The molecule has 0 bridgehead atoms. The van der Waals surface area contributed by atoms with Crippen LogP contribution in [0.3, 0.4) is 0 Å². The maximum Gasteiger partial charge on any atom is 0.161 e. The second kappa shape index (κ2) is 9.11. The van der Waals surface area contributed by atoms with Crippen molar-refractivity contribution in [1.82, 2.24) is 5.32 Å². The summed E-state index contributed by atoms with van der Waals surface area (Å²) >= 11 is 1.78. The minimum absolute atomic E-state index is 0.713. The van der Waals surface area contributed by atoms with E-state index >= 15 is 0 Å². The monoisotopic (exact) mass is 269 g/mol. The average molecular weight is 269 g/mol. The van der Waals surface area contributed by atoms with Crippen molar-refractivity contribution in [2.45, 2.75) is 19.9 Å². The van der Waals surface area contributed by atoms with Crippen LogP contribution in [0, 0.1) is 0 Å². The molecule has 0 atom stereocenters. The number of nitrogens with one attached hydrogen (secondary N) is 1. The van der Waals surface area contributed by atoms with Crippen molar-refractivity contribution in [3.8, 4) is 11.5 Å². The number of rotatable bonds is 9. The Kier molecular flexibility index (Phi) is 7.69. The van der Waals surface area contributed by atoms with Crippen molar-refractivity contribution in [1.29, 1.82) is 0 Å². The topological polar surface area (TPSA) is 30.5 Å². The third-order valence-electron chi connectivity index (χ3n) is 2.53. The maximum absolute atomic E-state index is 5.68. The van der Waals surface area contributed by atoms with Crippen LogP contribution in [-0.2, 0) is 6.54 Å². The number of benzene rings is 1. The molecule has 4 heteroatoms. The van der Waals surface area contributed by atoms with E-state index in [1.54, 1.807) is 18.9 Å². The molecule has 0 aromatic heterocycles. The quantitative estimate of drug-likeness (QED) is 0.698. The van der Waals surface area contributed by atoms with Gasteiger partial charge in [-0.3, -0.25) is 0 Å². The van der Waals surface area contributed by atoms with Crippen LogP contribution in [0.25, 0.3) is 0 Å². The summed E-state index contributed by atoms with van der Waals surface area (Å²) in [6.07, 6.45) is 3.22. The molecule has 1 rings (SSSR count). The molecule has 1 N–H and O–H groups in total. The first-order chi connectivity index (χ1) is 8.81. The van der Waals surface area contributed by atoms with Gasteiger partial charge >= 0.3 is 0 Å². The average Bonchev–Trinajstić information content (AvgIpc) is 2.40. The minimum atomic E-state index is 0.713. The lowest BCUT2D eigenvalue weighted by atomic mass is 10.2. The second-order valence-corrected chi connectivity index (χ2v) is 4.99. The molecule has 1 aromatic carbocycles. The molecule has 0 radical (unpaired) electrons. The van der Waals surface area contributed by atoms with E-state index in [2.05, 4.69) is 24.6 Å². The molecule has 3 nitrogen and oxygen atoms in total. The highest BCUT2D eigenvalue weighted by Gasteiger charge is 2.05. The van der Waals surface area contributed by atoms with Gasteiger partial charge in [-0.05, 0) is 36.9 Å². The van der Waals surface area contributed by atoms with Crippen molar-refractivity contribution < 1.29 is 9.47 Å². The molecular formula is C14H23NO2S. The van der Waals surface area contributed by atoms with Gasteiger partial charge in [-0.2, -0.15) is 11.8 Å². The predicted molar refractivity (Wildman–Crippen MR) is 78.9 cm³/mol. The van der Waals surface area contributed by atoms with E-state index < -0.39 is 0 Å². The molecule has 0 aliphatic rings. The van der Waals surface area contributed by atoms with Crippen LogP contribution in [0.1, 0.15) is 18.9 Å². The Morgan fingerprint density at radius 3 is 2.78 bits per heavy atom. The molecule has 0 spiro atoms. The highest BCUT2D eigenvalue weighted by atomic mass is 32.2. The van der Waals surface area contributed by atoms with Gasteiger partial charge in [-0.1, -0.05) is 13.0 Å². The normalized spacial score (nSPS) is 10.4. The Bertz CT molecular complexity index is 345. The van der Waals surface area contributed by atoms with Crippen molar-refractivity contribution in [3.63, 3.8) is 0 Å². The summed E-state index contributed by atoms with van der Waals surface area (Å²) in [5.74, 6) is 2.63. The smallest absolute Gasteiger partial charge is 0.161 e. The van der Waals surface area contributed by atoms with E-state index in [4.69, 9.17) is 9.47 Å². The molecule has 0 amide bonds. The molecule has 0 fully saturated rings. The second-order valence-electron chi connectivity index (χ2n) is 4.00. The van der Waals surface area contributed by atoms with Gasteiger partial charge in [0.05, 0.1) is 13.7 Å². The molecule has 18 heavy (non-hydrogen) atoms. The van der Waals surface area contributed by atoms with Crippen LogP contribution in [-0.4, -0.2) is 32.3 Å². The summed E-state index contributed by atoms with van der Waals surface area (Å²) in [5, 5.41) is 3.37. The van der Waals surface area contributed by atoms with Crippen LogP contribution in [0.5, 0.6) is 11.5 Å². The summed E-state index contributed by atoms with van der Waals surface area (Å²) < 4.78 is 11.0. The van der Waals surface area contributed by atoms with Gasteiger partial charge in [0.15, 0.2) is 11.5 Å². The van der Waals surface area contributed by atoms with Crippen LogP contribution >= 0.6 is 11.8 Å². The first kappa shape index (κ1) is 15.2. The Balaban J connectivity index is 2.58. The molecule has 0 saturated carbocycles. The lowest BCUT2D eigenvalue weighted by molar-refractivity contribution is 0.313. The third-order valence-corrected chi connectivity index (χ3v) is 3.10. The highest BCUT2D eigenvalue weighted by molar-refractivity contribution is 7.98. The van der Waals surface area contributed by atoms with Gasteiger partial charge in [0.1, 0.15) is 0 Å². The van der Waals surface area contributed by atoms with Gasteiger partial charge in [0.25, 0.3) is 0 Å². The van der Waals surface area contributed by atoms with Crippen molar-refractivity contribution >= 4 is 11.8 Å². The van der Waals surface area contributed by atoms with Crippen LogP contribution in [0.15, 0.2) is 18.2 Å². The standard InChI is InChI=1S/C14H23NO2S/c1-4-7-15-11-12-5-6-13(14(10-12)16-2)17-8-9-18-3/h5-6,10,15H,4,7-9,11H2,1-3H3. The molecule has 0 unspecified atom stereocenters. The first-order valence-electron chi connectivity index (χ1n) is 6.31. The molecule has 0 aliphatic heterocycles. The molecule has 0 aliphatic carbocycles. The summed E-state index contributed by atoms with van der Waals surface area (Å²) in [6.45, 7) is 4.78. The summed E-state index contributed by atoms with van der Waals surface area (Å²) in [5.41, 5.74) is 1.22. The molecule has 102 valence electrons. The fourth-order valence-electron chi connectivity index (χ4n) is 1.59. The molecule has 0 heterocycles. The summed E-state index contributed by atoms with van der Waals surface area (Å²) in [6, 6.07) is 6.11. The van der Waals surface area contributed by atoms with Gasteiger partial charge in [0, 0.05) is 12.3 Å². The van der Waals surface area contributed by atoms with E-state index in [0.29, 0.717) is 6.61 Å². The number of methoxy groups -OCH3 is 1. The highest BCUT2D eigenvalue weighted by Crippen LogP contribution is 2.28. The maximum atomic E-state index is 5.68. The van der Waals surface area contributed by atoms with Crippen molar-refractivity contribution in [3.05, 3.63) is 23.8 Å². The Hall–Kier alpha value is -0.870. The Labute approximate surface area is 114 Å². The zero-order valence-electron chi connectivity index (χ0n) is 11.5. The molecule has 1 aromatic rings. The number of ether oxygens (including phenoxy) is 2. The fourth-order valence-corrected chi connectivity index (χ4v) is 1.84. The Morgan fingerprint density at radius 2 is 2.11 bits per heavy atom. The largest absolute Gasteiger partial charge is 0.493 e. The molecule has 0 saturated heterocycles. The summed E-state index contributed by atoms with van der Waals surface area (Å²) in [7, 11) is 1.68. The first-order valence-corrected chi connectivity index (χ1v) is 7.70. The van der Waals surface area contributed by atoms with Gasteiger partial charge in [-0.25, -0.2) is 0 Å². The van der Waals surface area contributed by atoms with Gasteiger partial charge in [-0.15, -0.1) is 0 Å². The predicted octanol–water partition coefficient (Wildman–Crippen LogP) is 2.94.